The number of benzene rings is 2. The number of hydrogen-bond donors (Lipinski definition) is 2. The van der Waals surface area contributed by atoms with Gasteiger partial charge in [0.1, 0.15) is 12.4 Å². The summed E-state index contributed by atoms with van der Waals surface area (Å²) in [5, 5.41) is 7.34. The first-order chi connectivity index (χ1) is 13.7. The van der Waals surface area contributed by atoms with Crippen molar-refractivity contribution in [3.05, 3.63) is 94.8 Å². The van der Waals surface area contributed by atoms with E-state index in [9.17, 15) is 0 Å². The Morgan fingerprint density at radius 3 is 2.46 bits per heavy atom. The maximum absolute atomic E-state index is 5.92. The minimum atomic E-state index is 0.446. The molecule has 0 aliphatic rings. The average Bonchev–Trinajstić information content (AvgIpc) is 2.75. The fourth-order valence-corrected chi connectivity index (χ4v) is 2.71. The molecule has 2 N–H and O–H groups in total. The van der Waals surface area contributed by atoms with Crippen LogP contribution in [0.25, 0.3) is 0 Å². The SMILES string of the molecule is CN=C(NCc1ccc(Cl)cc1)NCc1cccc(OCc2ccccn2)c1. The van der Waals surface area contributed by atoms with Crippen LogP contribution in [0.1, 0.15) is 16.8 Å². The number of halogens is 1. The number of aliphatic imine (C=N–C) groups is 1. The van der Waals surface area contributed by atoms with Gasteiger partial charge < -0.3 is 15.4 Å². The maximum Gasteiger partial charge on any atom is 0.191 e. The molecule has 2 aromatic carbocycles. The van der Waals surface area contributed by atoms with Gasteiger partial charge in [0.05, 0.1) is 5.69 Å². The van der Waals surface area contributed by atoms with E-state index in [1.54, 1.807) is 13.2 Å². The molecule has 144 valence electrons. The van der Waals surface area contributed by atoms with Gasteiger partial charge in [-0.3, -0.25) is 9.98 Å². The Balaban J connectivity index is 1.49. The van der Waals surface area contributed by atoms with E-state index in [1.165, 1.54) is 0 Å². The van der Waals surface area contributed by atoms with Gasteiger partial charge in [-0.25, -0.2) is 0 Å². The highest BCUT2D eigenvalue weighted by molar-refractivity contribution is 6.30. The molecule has 0 aliphatic heterocycles. The molecule has 1 aromatic heterocycles. The van der Waals surface area contributed by atoms with E-state index in [1.807, 2.05) is 66.7 Å². The lowest BCUT2D eigenvalue weighted by molar-refractivity contribution is 0.301. The van der Waals surface area contributed by atoms with Crippen LogP contribution in [-0.2, 0) is 19.7 Å². The minimum Gasteiger partial charge on any atom is -0.487 e. The van der Waals surface area contributed by atoms with Gasteiger partial charge in [-0.2, -0.15) is 0 Å². The van der Waals surface area contributed by atoms with E-state index in [2.05, 4.69) is 20.6 Å². The second kappa shape index (κ2) is 10.3. The Labute approximate surface area is 170 Å². The van der Waals surface area contributed by atoms with Crippen LogP contribution in [0.15, 0.2) is 77.9 Å². The predicted molar refractivity (Wildman–Crippen MR) is 114 cm³/mol. The average molecular weight is 395 g/mol. The van der Waals surface area contributed by atoms with E-state index < -0.39 is 0 Å². The number of pyridine rings is 1. The zero-order chi connectivity index (χ0) is 19.6. The zero-order valence-corrected chi connectivity index (χ0v) is 16.5. The smallest absolute Gasteiger partial charge is 0.191 e. The topological polar surface area (TPSA) is 58.5 Å². The zero-order valence-electron chi connectivity index (χ0n) is 15.7. The lowest BCUT2D eigenvalue weighted by atomic mass is 10.2. The van der Waals surface area contributed by atoms with Crippen molar-refractivity contribution in [3.63, 3.8) is 0 Å². The highest BCUT2D eigenvalue weighted by Gasteiger charge is 2.02. The van der Waals surface area contributed by atoms with Crippen molar-refractivity contribution in [3.8, 4) is 5.75 Å². The van der Waals surface area contributed by atoms with Gasteiger partial charge in [-0.15, -0.1) is 0 Å². The quantitative estimate of drug-likeness (QED) is 0.466. The third-order valence-corrected chi connectivity index (χ3v) is 4.32. The summed E-state index contributed by atoms with van der Waals surface area (Å²) in [5.74, 6) is 1.55. The summed E-state index contributed by atoms with van der Waals surface area (Å²) < 4.78 is 5.83. The highest BCUT2D eigenvalue weighted by atomic mass is 35.5. The first kappa shape index (κ1) is 19.7. The summed E-state index contributed by atoms with van der Waals surface area (Å²) in [6.45, 7) is 1.76. The van der Waals surface area contributed by atoms with Gasteiger partial charge in [0.25, 0.3) is 0 Å². The standard InChI is InChI=1S/C22H23ClN4O/c1-24-22(26-14-17-8-10-19(23)11-9-17)27-15-18-5-4-7-21(13-18)28-16-20-6-2-3-12-25-20/h2-13H,14-16H2,1H3,(H2,24,26,27). The Morgan fingerprint density at radius 1 is 0.964 bits per heavy atom. The van der Waals surface area contributed by atoms with Crippen LogP contribution < -0.4 is 15.4 Å². The fourth-order valence-electron chi connectivity index (χ4n) is 2.58. The van der Waals surface area contributed by atoms with Crippen molar-refractivity contribution in [1.82, 2.24) is 15.6 Å². The van der Waals surface area contributed by atoms with E-state index >= 15 is 0 Å². The molecule has 0 bridgehead atoms. The van der Waals surface area contributed by atoms with Crippen molar-refractivity contribution in [2.45, 2.75) is 19.7 Å². The normalized spacial score (nSPS) is 11.1. The molecular weight excluding hydrogens is 372 g/mol. The Morgan fingerprint density at radius 2 is 1.75 bits per heavy atom. The molecule has 0 fully saturated rings. The van der Waals surface area contributed by atoms with E-state index in [0.717, 1.165) is 33.6 Å². The number of hydrogen-bond acceptors (Lipinski definition) is 3. The summed E-state index contributed by atoms with van der Waals surface area (Å²) in [5.41, 5.74) is 3.14. The van der Waals surface area contributed by atoms with Crippen LogP contribution in [0.5, 0.6) is 5.75 Å². The molecule has 0 saturated carbocycles. The largest absolute Gasteiger partial charge is 0.487 e. The summed E-state index contributed by atoms with van der Waals surface area (Å²) in [6, 6.07) is 21.5. The molecule has 0 aliphatic carbocycles. The van der Waals surface area contributed by atoms with Crippen LogP contribution in [0.2, 0.25) is 5.02 Å². The first-order valence-corrected chi connectivity index (χ1v) is 9.41. The van der Waals surface area contributed by atoms with Crippen molar-refractivity contribution >= 4 is 17.6 Å². The van der Waals surface area contributed by atoms with Crippen LogP contribution in [0, 0.1) is 0 Å². The molecule has 0 spiro atoms. The van der Waals surface area contributed by atoms with Crippen molar-refractivity contribution in [2.24, 2.45) is 4.99 Å². The third kappa shape index (κ3) is 6.28. The van der Waals surface area contributed by atoms with Gasteiger partial charge >= 0.3 is 0 Å². The molecule has 0 radical (unpaired) electrons. The molecule has 28 heavy (non-hydrogen) atoms. The lowest BCUT2D eigenvalue weighted by Crippen LogP contribution is -2.36. The molecular formula is C22H23ClN4O. The second-order valence-electron chi connectivity index (χ2n) is 6.16. The van der Waals surface area contributed by atoms with Gasteiger partial charge in [0.15, 0.2) is 5.96 Å². The van der Waals surface area contributed by atoms with Crippen LogP contribution in [-0.4, -0.2) is 18.0 Å². The summed E-state index contributed by atoms with van der Waals surface area (Å²) in [7, 11) is 1.75. The molecule has 5 nitrogen and oxygen atoms in total. The van der Waals surface area contributed by atoms with Crippen molar-refractivity contribution in [1.29, 1.82) is 0 Å². The number of ether oxygens (including phenoxy) is 1. The number of nitrogens with zero attached hydrogens (tertiary/aromatic N) is 2. The second-order valence-corrected chi connectivity index (χ2v) is 6.60. The van der Waals surface area contributed by atoms with E-state index in [0.29, 0.717) is 19.7 Å². The molecule has 3 aromatic rings. The number of aromatic nitrogens is 1. The van der Waals surface area contributed by atoms with E-state index in [-0.39, 0.29) is 0 Å². The predicted octanol–water partition coefficient (Wildman–Crippen LogP) is 4.18. The highest BCUT2D eigenvalue weighted by Crippen LogP contribution is 2.15. The molecule has 0 atom stereocenters. The molecule has 1 heterocycles. The summed E-state index contributed by atoms with van der Waals surface area (Å²) in [4.78, 5) is 8.53. The van der Waals surface area contributed by atoms with E-state index in [4.69, 9.17) is 16.3 Å². The number of nitrogens with one attached hydrogen (secondary N) is 2. The molecule has 6 heteroatoms. The fraction of sp³-hybridized carbons (Fsp3) is 0.182. The van der Waals surface area contributed by atoms with Crippen LogP contribution >= 0.6 is 11.6 Å². The number of guanidine groups is 1. The molecule has 0 amide bonds. The van der Waals surface area contributed by atoms with Crippen molar-refractivity contribution in [2.75, 3.05) is 7.05 Å². The summed E-state index contributed by atoms with van der Waals surface area (Å²) in [6.07, 6.45) is 1.77. The van der Waals surface area contributed by atoms with Gasteiger partial charge in [-0.05, 0) is 47.5 Å². The van der Waals surface area contributed by atoms with Crippen LogP contribution in [0.3, 0.4) is 0 Å². The Bertz CT molecular complexity index is 898. The summed E-state index contributed by atoms with van der Waals surface area (Å²) >= 11 is 5.92. The maximum atomic E-state index is 5.92. The molecule has 0 saturated heterocycles. The monoisotopic (exact) mass is 394 g/mol. The number of rotatable bonds is 7. The first-order valence-electron chi connectivity index (χ1n) is 9.03. The van der Waals surface area contributed by atoms with Crippen LogP contribution in [0.4, 0.5) is 0 Å². The minimum absolute atomic E-state index is 0.446. The Kier molecular flexibility index (Phi) is 7.27. The van der Waals surface area contributed by atoms with Crippen molar-refractivity contribution < 1.29 is 4.74 Å². The lowest BCUT2D eigenvalue weighted by Gasteiger charge is -2.13. The third-order valence-electron chi connectivity index (χ3n) is 4.07. The Hall–Kier alpha value is -3.05. The van der Waals surface area contributed by atoms with Gasteiger partial charge in [-0.1, -0.05) is 41.9 Å². The molecule has 0 unspecified atom stereocenters. The van der Waals surface area contributed by atoms with Gasteiger partial charge in [0, 0.05) is 31.4 Å². The molecule has 3 rings (SSSR count). The van der Waals surface area contributed by atoms with Gasteiger partial charge in [0.2, 0.25) is 0 Å².